The second kappa shape index (κ2) is 9.56. The van der Waals surface area contributed by atoms with E-state index in [1.807, 2.05) is 31.2 Å². The van der Waals surface area contributed by atoms with E-state index in [1.165, 1.54) is 34.1 Å². The van der Waals surface area contributed by atoms with Gasteiger partial charge in [0.05, 0.1) is 16.4 Å². The number of carbonyl (C=O) groups is 1. The number of carbonyl (C=O) groups excluding carboxylic acids is 1. The van der Waals surface area contributed by atoms with Crippen molar-refractivity contribution in [3.05, 3.63) is 65.2 Å². The lowest BCUT2D eigenvalue weighted by molar-refractivity contribution is 0.0694. The van der Waals surface area contributed by atoms with Crippen LogP contribution in [-0.2, 0) is 32.8 Å². The van der Waals surface area contributed by atoms with Crippen molar-refractivity contribution in [3.8, 4) is 0 Å². The standard InChI is InChI=1S/C24H30N2O5S2/c1-2-3-14-26(22-13-16-32(28,29)18-22)24(27)20-8-10-23(11-9-20)33(30,31)25-15-12-19-6-4-5-7-21(19)17-25/h4-11,22H,2-3,12-18H2,1H3/t22-/m1/s1. The zero-order valence-electron chi connectivity index (χ0n) is 18.8. The fourth-order valence-electron chi connectivity index (χ4n) is 4.56. The van der Waals surface area contributed by atoms with E-state index in [0.717, 1.165) is 18.4 Å². The molecule has 0 saturated carbocycles. The summed E-state index contributed by atoms with van der Waals surface area (Å²) >= 11 is 0. The van der Waals surface area contributed by atoms with Crippen molar-refractivity contribution < 1.29 is 21.6 Å². The van der Waals surface area contributed by atoms with Crippen molar-refractivity contribution in [1.29, 1.82) is 0 Å². The van der Waals surface area contributed by atoms with E-state index in [4.69, 9.17) is 0 Å². The van der Waals surface area contributed by atoms with Gasteiger partial charge in [-0.1, -0.05) is 37.6 Å². The largest absolute Gasteiger partial charge is 0.335 e. The number of sulfone groups is 1. The van der Waals surface area contributed by atoms with E-state index in [2.05, 4.69) is 0 Å². The zero-order chi connectivity index (χ0) is 23.6. The molecule has 0 unspecified atom stereocenters. The first kappa shape index (κ1) is 23.9. The third kappa shape index (κ3) is 5.15. The third-order valence-corrected chi connectivity index (χ3v) is 10.1. The monoisotopic (exact) mass is 490 g/mol. The second-order valence-electron chi connectivity index (χ2n) is 8.79. The van der Waals surface area contributed by atoms with Crippen LogP contribution in [0.25, 0.3) is 0 Å². The fourth-order valence-corrected chi connectivity index (χ4v) is 7.71. The Kier molecular flexibility index (Phi) is 6.93. The summed E-state index contributed by atoms with van der Waals surface area (Å²) in [6.07, 6.45) is 2.79. The zero-order valence-corrected chi connectivity index (χ0v) is 20.4. The number of amides is 1. The summed E-state index contributed by atoms with van der Waals surface area (Å²) in [5.74, 6) is -0.156. The minimum atomic E-state index is -3.68. The lowest BCUT2D eigenvalue weighted by Gasteiger charge is -2.29. The maximum atomic E-state index is 13.2. The lowest BCUT2D eigenvalue weighted by Crippen LogP contribution is -2.41. The molecule has 33 heavy (non-hydrogen) atoms. The van der Waals surface area contributed by atoms with Gasteiger partial charge in [0.15, 0.2) is 9.84 Å². The molecular weight excluding hydrogens is 460 g/mol. The summed E-state index contributed by atoms with van der Waals surface area (Å²) in [5, 5.41) is 0. The Morgan fingerprint density at radius 3 is 2.42 bits per heavy atom. The van der Waals surface area contributed by atoms with E-state index in [9.17, 15) is 21.6 Å². The van der Waals surface area contributed by atoms with Crippen LogP contribution >= 0.6 is 0 Å². The molecule has 2 aromatic rings. The van der Waals surface area contributed by atoms with Gasteiger partial charge in [0, 0.05) is 31.2 Å². The molecule has 0 N–H and O–H groups in total. The third-order valence-electron chi connectivity index (χ3n) is 6.50. The van der Waals surface area contributed by atoms with Crippen molar-refractivity contribution >= 4 is 25.8 Å². The minimum absolute atomic E-state index is 0.00858. The quantitative estimate of drug-likeness (QED) is 0.595. The highest BCUT2D eigenvalue weighted by atomic mass is 32.2. The average Bonchev–Trinajstić information content (AvgIpc) is 3.18. The van der Waals surface area contributed by atoms with Crippen LogP contribution in [0.1, 0.15) is 47.7 Å². The minimum Gasteiger partial charge on any atom is -0.335 e. The van der Waals surface area contributed by atoms with Gasteiger partial charge >= 0.3 is 0 Å². The molecule has 0 bridgehead atoms. The van der Waals surface area contributed by atoms with Crippen molar-refractivity contribution in [2.24, 2.45) is 0 Å². The Morgan fingerprint density at radius 1 is 1.09 bits per heavy atom. The number of rotatable bonds is 7. The molecule has 1 amide bonds. The molecular formula is C24H30N2O5S2. The maximum absolute atomic E-state index is 13.2. The number of hydrogen-bond acceptors (Lipinski definition) is 5. The van der Waals surface area contributed by atoms with Crippen LogP contribution in [0.15, 0.2) is 53.4 Å². The molecule has 1 atom stereocenters. The molecule has 0 aliphatic carbocycles. The SMILES string of the molecule is CCCCN(C(=O)c1ccc(S(=O)(=O)N2CCc3ccccc3C2)cc1)[C@@H]1CCS(=O)(=O)C1. The highest BCUT2D eigenvalue weighted by Gasteiger charge is 2.35. The Hall–Kier alpha value is -2.23. The van der Waals surface area contributed by atoms with Crippen LogP contribution in [0.4, 0.5) is 0 Å². The number of sulfonamides is 1. The molecule has 4 rings (SSSR count). The Morgan fingerprint density at radius 2 is 1.79 bits per heavy atom. The van der Waals surface area contributed by atoms with E-state index in [1.54, 1.807) is 4.90 Å². The van der Waals surface area contributed by atoms with Gasteiger partial charge in [0.1, 0.15) is 0 Å². The van der Waals surface area contributed by atoms with Crippen LogP contribution < -0.4 is 0 Å². The molecule has 0 aromatic heterocycles. The highest BCUT2D eigenvalue weighted by molar-refractivity contribution is 7.91. The summed E-state index contributed by atoms with van der Waals surface area (Å²) in [7, 11) is -6.80. The average molecular weight is 491 g/mol. The van der Waals surface area contributed by atoms with E-state index in [0.29, 0.717) is 38.0 Å². The van der Waals surface area contributed by atoms with Crippen molar-refractivity contribution in [2.75, 3.05) is 24.6 Å². The molecule has 1 saturated heterocycles. The Labute approximate surface area is 196 Å². The van der Waals surface area contributed by atoms with Gasteiger partial charge in [0.2, 0.25) is 10.0 Å². The predicted octanol–water partition coefficient (Wildman–Crippen LogP) is 2.86. The van der Waals surface area contributed by atoms with Crippen molar-refractivity contribution in [2.45, 2.75) is 50.1 Å². The highest BCUT2D eigenvalue weighted by Crippen LogP contribution is 2.26. The molecule has 2 aliphatic rings. The summed E-state index contributed by atoms with van der Waals surface area (Å²) < 4.78 is 51.8. The molecule has 9 heteroatoms. The summed E-state index contributed by atoms with van der Waals surface area (Å²) in [4.78, 5) is 15.0. The molecule has 0 radical (unpaired) electrons. The van der Waals surface area contributed by atoms with Gasteiger partial charge in [-0.25, -0.2) is 16.8 Å². The Balaban J connectivity index is 1.52. The predicted molar refractivity (Wildman–Crippen MR) is 127 cm³/mol. The smallest absolute Gasteiger partial charge is 0.254 e. The van der Waals surface area contributed by atoms with E-state index < -0.39 is 19.9 Å². The topological polar surface area (TPSA) is 91.8 Å². The number of hydrogen-bond donors (Lipinski definition) is 0. The fraction of sp³-hybridized carbons (Fsp3) is 0.458. The molecule has 2 aromatic carbocycles. The first-order valence-corrected chi connectivity index (χ1v) is 14.7. The number of benzene rings is 2. The number of unbranched alkanes of at least 4 members (excludes halogenated alkanes) is 1. The number of fused-ring (bicyclic) bond motifs is 1. The maximum Gasteiger partial charge on any atom is 0.254 e. The normalized spacial score (nSPS) is 20.3. The van der Waals surface area contributed by atoms with Gasteiger partial charge < -0.3 is 4.90 Å². The molecule has 2 aliphatic heterocycles. The Bertz CT molecular complexity index is 1220. The first-order valence-electron chi connectivity index (χ1n) is 11.4. The summed E-state index contributed by atoms with van der Waals surface area (Å²) in [5.41, 5.74) is 2.56. The molecule has 178 valence electrons. The van der Waals surface area contributed by atoms with Gasteiger partial charge in [-0.3, -0.25) is 4.79 Å². The molecule has 2 heterocycles. The van der Waals surface area contributed by atoms with Gasteiger partial charge in [-0.2, -0.15) is 4.31 Å². The summed E-state index contributed by atoms with van der Waals surface area (Å²) in [6, 6.07) is 13.6. The van der Waals surface area contributed by atoms with Gasteiger partial charge in [-0.15, -0.1) is 0 Å². The van der Waals surface area contributed by atoms with Crippen LogP contribution in [0, 0.1) is 0 Å². The van der Waals surface area contributed by atoms with Crippen LogP contribution in [-0.4, -0.2) is 62.6 Å². The van der Waals surface area contributed by atoms with Crippen LogP contribution in [0.3, 0.4) is 0 Å². The summed E-state index contributed by atoms with van der Waals surface area (Å²) in [6.45, 7) is 3.26. The van der Waals surface area contributed by atoms with Gasteiger partial charge in [-0.05, 0) is 54.7 Å². The van der Waals surface area contributed by atoms with Crippen LogP contribution in [0.5, 0.6) is 0 Å². The molecule has 7 nitrogen and oxygen atoms in total. The number of nitrogens with zero attached hydrogens (tertiary/aromatic N) is 2. The van der Waals surface area contributed by atoms with Crippen molar-refractivity contribution in [1.82, 2.24) is 9.21 Å². The lowest BCUT2D eigenvalue weighted by atomic mass is 10.0. The second-order valence-corrected chi connectivity index (χ2v) is 13.0. The van der Waals surface area contributed by atoms with Gasteiger partial charge in [0.25, 0.3) is 5.91 Å². The molecule has 0 spiro atoms. The first-order chi connectivity index (χ1) is 15.7. The molecule has 1 fully saturated rings. The van der Waals surface area contributed by atoms with E-state index >= 15 is 0 Å². The van der Waals surface area contributed by atoms with Crippen molar-refractivity contribution in [3.63, 3.8) is 0 Å². The van der Waals surface area contributed by atoms with Crippen LogP contribution in [0.2, 0.25) is 0 Å². The van der Waals surface area contributed by atoms with E-state index in [-0.39, 0.29) is 28.4 Å².